The molecule has 0 aliphatic heterocycles. The van der Waals surface area contributed by atoms with Crippen LogP contribution < -0.4 is 5.32 Å². The quantitative estimate of drug-likeness (QED) is 0.593. The average molecular weight is 412 g/mol. The van der Waals surface area contributed by atoms with Crippen LogP contribution in [-0.4, -0.2) is 16.6 Å². The first-order chi connectivity index (χ1) is 11.0. The predicted molar refractivity (Wildman–Crippen MR) is 97.3 cm³/mol. The molecule has 23 heavy (non-hydrogen) atoms. The molecule has 0 radical (unpaired) electrons. The van der Waals surface area contributed by atoms with Crippen LogP contribution in [0.3, 0.4) is 0 Å². The molecule has 1 heterocycles. The third-order valence-corrected chi connectivity index (χ3v) is 4.68. The molecular formula is C16H12BrClN2O2S. The smallest absolute Gasteiger partial charge is 0.257 e. The SMILES string of the molecule is Cc1cc(Br)ccc1NC(=O)CSc1nc2cc(Cl)ccc2o1. The van der Waals surface area contributed by atoms with Gasteiger partial charge in [-0.2, -0.15) is 0 Å². The lowest BCUT2D eigenvalue weighted by Gasteiger charge is -2.07. The fourth-order valence-electron chi connectivity index (χ4n) is 2.02. The number of rotatable bonds is 4. The number of fused-ring (bicyclic) bond motifs is 1. The molecular weight excluding hydrogens is 400 g/mol. The highest BCUT2D eigenvalue weighted by Crippen LogP contribution is 2.26. The predicted octanol–water partition coefficient (Wildman–Crippen LogP) is 5.28. The number of hydrogen-bond donors (Lipinski definition) is 1. The number of aromatic nitrogens is 1. The van der Waals surface area contributed by atoms with Gasteiger partial charge in [0.15, 0.2) is 5.58 Å². The highest BCUT2D eigenvalue weighted by Gasteiger charge is 2.11. The van der Waals surface area contributed by atoms with Gasteiger partial charge in [0.1, 0.15) is 5.52 Å². The van der Waals surface area contributed by atoms with Gasteiger partial charge in [-0.15, -0.1) is 0 Å². The number of hydrogen-bond acceptors (Lipinski definition) is 4. The number of carbonyl (C=O) groups excluding carboxylic acids is 1. The van der Waals surface area contributed by atoms with Crippen molar-refractivity contribution in [2.75, 3.05) is 11.1 Å². The number of anilines is 1. The summed E-state index contributed by atoms with van der Waals surface area (Å²) in [7, 11) is 0. The van der Waals surface area contributed by atoms with E-state index in [0.29, 0.717) is 21.3 Å². The van der Waals surface area contributed by atoms with E-state index in [4.69, 9.17) is 16.0 Å². The van der Waals surface area contributed by atoms with Crippen molar-refractivity contribution in [3.8, 4) is 0 Å². The Morgan fingerprint density at radius 3 is 2.96 bits per heavy atom. The molecule has 0 saturated heterocycles. The van der Waals surface area contributed by atoms with Crippen molar-refractivity contribution in [3.05, 3.63) is 51.5 Å². The van der Waals surface area contributed by atoms with Crippen LogP contribution in [0.15, 0.2) is 50.5 Å². The Bertz CT molecular complexity index is 882. The van der Waals surface area contributed by atoms with Crippen LogP contribution in [0.25, 0.3) is 11.1 Å². The normalized spacial score (nSPS) is 10.9. The van der Waals surface area contributed by atoms with E-state index < -0.39 is 0 Å². The Kier molecular flexibility index (Phi) is 4.94. The van der Waals surface area contributed by atoms with Crippen molar-refractivity contribution >= 4 is 62.0 Å². The van der Waals surface area contributed by atoms with Gasteiger partial charge in [-0.25, -0.2) is 4.98 Å². The van der Waals surface area contributed by atoms with E-state index in [9.17, 15) is 4.79 Å². The zero-order chi connectivity index (χ0) is 16.4. The first-order valence-electron chi connectivity index (χ1n) is 6.76. The van der Waals surface area contributed by atoms with Gasteiger partial charge in [0.05, 0.1) is 5.75 Å². The van der Waals surface area contributed by atoms with E-state index >= 15 is 0 Å². The summed E-state index contributed by atoms with van der Waals surface area (Å²) in [5, 5.41) is 3.93. The summed E-state index contributed by atoms with van der Waals surface area (Å²) in [6, 6.07) is 10.9. The van der Waals surface area contributed by atoms with Gasteiger partial charge in [-0.3, -0.25) is 4.79 Å². The number of nitrogens with zero attached hydrogens (tertiary/aromatic N) is 1. The van der Waals surface area contributed by atoms with Crippen molar-refractivity contribution in [3.63, 3.8) is 0 Å². The minimum absolute atomic E-state index is 0.110. The van der Waals surface area contributed by atoms with E-state index in [1.165, 1.54) is 11.8 Å². The number of oxazole rings is 1. The Morgan fingerprint density at radius 1 is 1.35 bits per heavy atom. The Morgan fingerprint density at radius 2 is 2.17 bits per heavy atom. The van der Waals surface area contributed by atoms with Gasteiger partial charge >= 0.3 is 0 Å². The van der Waals surface area contributed by atoms with Crippen molar-refractivity contribution in [2.24, 2.45) is 0 Å². The number of thioether (sulfide) groups is 1. The van der Waals surface area contributed by atoms with Crippen molar-refractivity contribution in [1.29, 1.82) is 0 Å². The molecule has 3 aromatic rings. The monoisotopic (exact) mass is 410 g/mol. The van der Waals surface area contributed by atoms with E-state index in [1.54, 1.807) is 18.2 Å². The maximum Gasteiger partial charge on any atom is 0.257 e. The molecule has 0 aliphatic rings. The first kappa shape index (κ1) is 16.4. The van der Waals surface area contributed by atoms with Gasteiger partial charge in [-0.1, -0.05) is 39.3 Å². The van der Waals surface area contributed by atoms with Crippen LogP contribution in [0, 0.1) is 6.92 Å². The van der Waals surface area contributed by atoms with Gasteiger partial charge in [0.2, 0.25) is 5.91 Å². The number of nitrogens with one attached hydrogen (secondary N) is 1. The number of halogens is 2. The van der Waals surface area contributed by atoms with E-state index in [1.807, 2.05) is 25.1 Å². The minimum Gasteiger partial charge on any atom is -0.431 e. The molecule has 1 amide bonds. The fraction of sp³-hybridized carbons (Fsp3) is 0.125. The number of benzene rings is 2. The maximum atomic E-state index is 12.1. The van der Waals surface area contributed by atoms with E-state index in [2.05, 4.69) is 26.2 Å². The molecule has 118 valence electrons. The molecule has 0 unspecified atom stereocenters. The molecule has 3 rings (SSSR count). The molecule has 0 atom stereocenters. The molecule has 0 saturated carbocycles. The fourth-order valence-corrected chi connectivity index (χ4v) is 3.30. The molecule has 0 fully saturated rings. The van der Waals surface area contributed by atoms with Crippen molar-refractivity contribution < 1.29 is 9.21 Å². The lowest BCUT2D eigenvalue weighted by Crippen LogP contribution is -2.14. The van der Waals surface area contributed by atoms with E-state index in [-0.39, 0.29) is 11.7 Å². The summed E-state index contributed by atoms with van der Waals surface area (Å²) in [5.74, 6) is 0.108. The summed E-state index contributed by atoms with van der Waals surface area (Å²) in [4.78, 5) is 16.4. The van der Waals surface area contributed by atoms with Gasteiger partial charge in [0, 0.05) is 15.2 Å². The second kappa shape index (κ2) is 6.95. The van der Waals surface area contributed by atoms with Crippen molar-refractivity contribution in [2.45, 2.75) is 12.1 Å². The van der Waals surface area contributed by atoms with Crippen LogP contribution in [0.4, 0.5) is 5.69 Å². The van der Waals surface area contributed by atoms with Crippen LogP contribution in [0.2, 0.25) is 5.02 Å². The third kappa shape index (κ3) is 4.07. The Hall–Kier alpha value is -1.50. The summed E-state index contributed by atoms with van der Waals surface area (Å²) in [6.07, 6.45) is 0. The molecule has 7 heteroatoms. The van der Waals surface area contributed by atoms with Crippen LogP contribution in [0.5, 0.6) is 0 Å². The zero-order valence-electron chi connectivity index (χ0n) is 12.1. The second-order valence-corrected chi connectivity index (χ2v) is 7.17. The summed E-state index contributed by atoms with van der Waals surface area (Å²) in [5.41, 5.74) is 3.13. The van der Waals surface area contributed by atoms with Gasteiger partial charge in [0.25, 0.3) is 5.22 Å². The summed E-state index contributed by atoms with van der Waals surface area (Å²) >= 11 is 10.6. The number of amides is 1. The summed E-state index contributed by atoms with van der Waals surface area (Å²) < 4.78 is 6.55. The second-order valence-electron chi connectivity index (χ2n) is 4.89. The lowest BCUT2D eigenvalue weighted by atomic mass is 10.2. The molecule has 2 aromatic carbocycles. The summed E-state index contributed by atoms with van der Waals surface area (Å²) in [6.45, 7) is 1.94. The third-order valence-electron chi connectivity index (χ3n) is 3.12. The lowest BCUT2D eigenvalue weighted by molar-refractivity contribution is -0.113. The Balaban J connectivity index is 1.63. The molecule has 0 aliphatic carbocycles. The van der Waals surface area contributed by atoms with Crippen LogP contribution in [0.1, 0.15) is 5.56 Å². The highest BCUT2D eigenvalue weighted by atomic mass is 79.9. The van der Waals surface area contributed by atoms with E-state index in [0.717, 1.165) is 15.7 Å². The zero-order valence-corrected chi connectivity index (χ0v) is 15.3. The van der Waals surface area contributed by atoms with Crippen LogP contribution in [-0.2, 0) is 4.79 Å². The molecule has 4 nitrogen and oxygen atoms in total. The van der Waals surface area contributed by atoms with Crippen LogP contribution >= 0.6 is 39.3 Å². The molecule has 1 N–H and O–H groups in total. The first-order valence-corrected chi connectivity index (χ1v) is 8.92. The minimum atomic E-state index is -0.110. The maximum absolute atomic E-state index is 12.1. The molecule has 0 spiro atoms. The standard InChI is InChI=1S/C16H12BrClN2O2S/c1-9-6-10(17)2-4-12(9)19-15(21)8-23-16-20-13-7-11(18)3-5-14(13)22-16/h2-7H,8H2,1H3,(H,19,21). The molecule has 0 bridgehead atoms. The average Bonchev–Trinajstić information content (AvgIpc) is 2.90. The van der Waals surface area contributed by atoms with Crippen molar-refractivity contribution in [1.82, 2.24) is 4.98 Å². The van der Waals surface area contributed by atoms with Gasteiger partial charge < -0.3 is 9.73 Å². The largest absolute Gasteiger partial charge is 0.431 e. The topological polar surface area (TPSA) is 55.1 Å². The highest BCUT2D eigenvalue weighted by molar-refractivity contribution is 9.10. The number of aryl methyl sites for hydroxylation is 1. The Labute approximate surface area is 150 Å². The molecule has 1 aromatic heterocycles. The van der Waals surface area contributed by atoms with Gasteiger partial charge in [-0.05, 0) is 48.9 Å². The number of carbonyl (C=O) groups is 1.